The van der Waals surface area contributed by atoms with Gasteiger partial charge in [-0.2, -0.15) is 0 Å². The number of nitrogens with one attached hydrogen (secondary N) is 1. The van der Waals surface area contributed by atoms with Crippen LogP contribution in [0.5, 0.6) is 5.75 Å². The molecule has 0 aliphatic rings. The molecule has 0 saturated carbocycles. The second-order valence-electron chi connectivity index (χ2n) is 3.46. The summed E-state index contributed by atoms with van der Waals surface area (Å²) in [5, 5.41) is 13.8. The third-order valence-corrected chi connectivity index (χ3v) is 2.34. The molecule has 1 aromatic carbocycles. The summed E-state index contributed by atoms with van der Waals surface area (Å²) in [5.74, 6) is 1.03. The molecule has 0 saturated heterocycles. The predicted molar refractivity (Wildman–Crippen MR) is 63.5 cm³/mol. The molecule has 94 valence electrons. The molecular formula is C11H11N3O4. The first kappa shape index (κ1) is 11.9. The lowest BCUT2D eigenvalue weighted by Crippen LogP contribution is -2.02. The molecule has 18 heavy (non-hydrogen) atoms. The molecule has 0 radical (unpaired) electrons. The number of hydrogen-bond acceptors (Lipinski definition) is 6. The van der Waals surface area contributed by atoms with Gasteiger partial charge >= 0.3 is 0 Å². The van der Waals surface area contributed by atoms with Crippen LogP contribution in [0.4, 0.5) is 11.4 Å². The standard InChI is InChI=1S/C11H11N3O4/c1-17-8-2-3-10(11(4-8)14(15)16)13-6-9-5-12-7-18-9/h2-5,7,13H,6H2,1H3. The van der Waals surface area contributed by atoms with Crippen molar-refractivity contribution >= 4 is 11.4 Å². The van der Waals surface area contributed by atoms with E-state index in [1.807, 2.05) is 0 Å². The number of ether oxygens (including phenoxy) is 1. The first-order valence-corrected chi connectivity index (χ1v) is 5.14. The fourth-order valence-electron chi connectivity index (χ4n) is 1.45. The molecule has 0 bridgehead atoms. The minimum atomic E-state index is -0.467. The number of anilines is 1. The molecule has 0 atom stereocenters. The average molecular weight is 249 g/mol. The maximum absolute atomic E-state index is 10.9. The highest BCUT2D eigenvalue weighted by molar-refractivity contribution is 5.63. The fourth-order valence-corrected chi connectivity index (χ4v) is 1.45. The summed E-state index contributed by atoms with van der Waals surface area (Å²) in [6.07, 6.45) is 2.85. The van der Waals surface area contributed by atoms with E-state index in [-0.39, 0.29) is 5.69 Å². The van der Waals surface area contributed by atoms with Gasteiger partial charge in [0.1, 0.15) is 17.2 Å². The summed E-state index contributed by atoms with van der Waals surface area (Å²) in [5.41, 5.74) is 0.353. The van der Waals surface area contributed by atoms with Crippen molar-refractivity contribution in [2.75, 3.05) is 12.4 Å². The molecule has 7 heteroatoms. The van der Waals surface area contributed by atoms with Crippen molar-refractivity contribution in [2.45, 2.75) is 6.54 Å². The van der Waals surface area contributed by atoms with E-state index in [1.54, 1.807) is 18.3 Å². The largest absolute Gasteiger partial charge is 0.496 e. The number of nitro benzene ring substituents is 1. The number of rotatable bonds is 5. The zero-order chi connectivity index (χ0) is 13.0. The van der Waals surface area contributed by atoms with Crippen molar-refractivity contribution in [3.05, 3.63) is 46.7 Å². The van der Waals surface area contributed by atoms with Gasteiger partial charge in [0.2, 0.25) is 0 Å². The number of nitro groups is 1. The molecule has 1 aromatic heterocycles. The van der Waals surface area contributed by atoms with Gasteiger partial charge in [-0.25, -0.2) is 4.98 Å². The van der Waals surface area contributed by atoms with Crippen LogP contribution < -0.4 is 10.1 Å². The van der Waals surface area contributed by atoms with Gasteiger partial charge in [-0.15, -0.1) is 0 Å². The number of methoxy groups -OCH3 is 1. The highest BCUT2D eigenvalue weighted by Gasteiger charge is 2.15. The fraction of sp³-hybridized carbons (Fsp3) is 0.182. The van der Waals surface area contributed by atoms with Gasteiger partial charge in [0, 0.05) is 0 Å². The van der Waals surface area contributed by atoms with Crippen LogP contribution in [-0.4, -0.2) is 17.0 Å². The monoisotopic (exact) mass is 249 g/mol. The Balaban J connectivity index is 2.18. The molecule has 0 amide bonds. The van der Waals surface area contributed by atoms with Gasteiger partial charge in [-0.3, -0.25) is 10.1 Å². The highest BCUT2D eigenvalue weighted by atomic mass is 16.6. The van der Waals surface area contributed by atoms with Gasteiger partial charge in [0.25, 0.3) is 5.69 Å². The third kappa shape index (κ3) is 2.57. The number of hydrogen-bond donors (Lipinski definition) is 1. The molecule has 0 aliphatic carbocycles. The van der Waals surface area contributed by atoms with Crippen LogP contribution in [0.3, 0.4) is 0 Å². The van der Waals surface area contributed by atoms with Crippen LogP contribution in [0.1, 0.15) is 5.76 Å². The van der Waals surface area contributed by atoms with E-state index in [9.17, 15) is 10.1 Å². The van der Waals surface area contributed by atoms with Crippen molar-refractivity contribution in [1.82, 2.24) is 4.98 Å². The van der Waals surface area contributed by atoms with Crippen molar-refractivity contribution in [1.29, 1.82) is 0 Å². The second kappa shape index (κ2) is 5.17. The number of oxazole rings is 1. The molecule has 0 unspecified atom stereocenters. The van der Waals surface area contributed by atoms with E-state index >= 15 is 0 Å². The Morgan fingerprint density at radius 3 is 3.00 bits per heavy atom. The molecule has 1 heterocycles. The summed E-state index contributed by atoms with van der Waals surface area (Å²) in [4.78, 5) is 14.2. The number of benzene rings is 1. The Bertz CT molecular complexity index is 539. The van der Waals surface area contributed by atoms with Gasteiger partial charge in [0.05, 0.1) is 30.8 Å². The zero-order valence-electron chi connectivity index (χ0n) is 9.62. The lowest BCUT2D eigenvalue weighted by Gasteiger charge is -2.06. The number of aromatic nitrogens is 1. The van der Waals surface area contributed by atoms with Crippen LogP contribution in [0.2, 0.25) is 0 Å². The quantitative estimate of drug-likeness (QED) is 0.645. The Morgan fingerprint density at radius 1 is 1.56 bits per heavy atom. The molecule has 0 aliphatic heterocycles. The molecule has 2 aromatic rings. The van der Waals surface area contributed by atoms with Crippen LogP contribution >= 0.6 is 0 Å². The molecule has 0 spiro atoms. The second-order valence-corrected chi connectivity index (χ2v) is 3.46. The Labute approximate surface area is 103 Å². The predicted octanol–water partition coefficient (Wildman–Crippen LogP) is 2.20. The molecule has 1 N–H and O–H groups in total. The van der Waals surface area contributed by atoms with E-state index in [0.717, 1.165) is 0 Å². The summed E-state index contributed by atoms with van der Waals surface area (Å²) in [6.45, 7) is 0.327. The average Bonchev–Trinajstić information content (AvgIpc) is 2.89. The summed E-state index contributed by atoms with van der Waals surface area (Å²) < 4.78 is 9.98. The highest BCUT2D eigenvalue weighted by Crippen LogP contribution is 2.29. The smallest absolute Gasteiger partial charge is 0.296 e. The van der Waals surface area contributed by atoms with E-state index in [1.165, 1.54) is 19.6 Å². The van der Waals surface area contributed by atoms with Crippen LogP contribution in [0, 0.1) is 10.1 Å². The van der Waals surface area contributed by atoms with E-state index in [0.29, 0.717) is 23.7 Å². The Kier molecular flexibility index (Phi) is 3.42. The minimum Gasteiger partial charge on any atom is -0.496 e. The van der Waals surface area contributed by atoms with E-state index in [2.05, 4.69) is 10.3 Å². The normalized spacial score (nSPS) is 10.1. The van der Waals surface area contributed by atoms with Gasteiger partial charge in [-0.05, 0) is 12.1 Å². The van der Waals surface area contributed by atoms with Crippen LogP contribution in [0.25, 0.3) is 0 Å². The Hall–Kier alpha value is -2.57. The summed E-state index contributed by atoms with van der Waals surface area (Å²) in [7, 11) is 1.46. The van der Waals surface area contributed by atoms with Crippen LogP contribution in [-0.2, 0) is 6.54 Å². The number of nitrogens with zero attached hydrogens (tertiary/aromatic N) is 2. The SMILES string of the molecule is COc1ccc(NCc2cnco2)c([N+](=O)[O-])c1. The van der Waals surface area contributed by atoms with E-state index < -0.39 is 4.92 Å². The van der Waals surface area contributed by atoms with E-state index in [4.69, 9.17) is 9.15 Å². The molecular weight excluding hydrogens is 238 g/mol. The van der Waals surface area contributed by atoms with Gasteiger partial charge in [0.15, 0.2) is 6.39 Å². The van der Waals surface area contributed by atoms with Crippen molar-refractivity contribution in [3.63, 3.8) is 0 Å². The lowest BCUT2D eigenvalue weighted by molar-refractivity contribution is -0.384. The lowest BCUT2D eigenvalue weighted by atomic mass is 10.2. The third-order valence-electron chi connectivity index (χ3n) is 2.34. The van der Waals surface area contributed by atoms with Gasteiger partial charge in [-0.1, -0.05) is 0 Å². The molecule has 2 rings (SSSR count). The molecule has 7 nitrogen and oxygen atoms in total. The topological polar surface area (TPSA) is 90.4 Å². The molecule has 0 fully saturated rings. The van der Waals surface area contributed by atoms with Crippen molar-refractivity contribution < 1.29 is 14.1 Å². The van der Waals surface area contributed by atoms with Gasteiger partial charge < -0.3 is 14.5 Å². The Morgan fingerprint density at radius 2 is 2.39 bits per heavy atom. The van der Waals surface area contributed by atoms with Crippen molar-refractivity contribution in [3.8, 4) is 5.75 Å². The zero-order valence-corrected chi connectivity index (χ0v) is 9.62. The first-order valence-electron chi connectivity index (χ1n) is 5.14. The first-order chi connectivity index (χ1) is 8.70. The summed E-state index contributed by atoms with van der Waals surface area (Å²) in [6, 6.07) is 4.60. The summed E-state index contributed by atoms with van der Waals surface area (Å²) >= 11 is 0. The minimum absolute atomic E-state index is 0.0473. The maximum Gasteiger partial charge on any atom is 0.296 e. The van der Waals surface area contributed by atoms with Crippen molar-refractivity contribution in [2.24, 2.45) is 0 Å². The maximum atomic E-state index is 10.9. The van der Waals surface area contributed by atoms with Crippen LogP contribution in [0.15, 0.2) is 35.2 Å².